The van der Waals surface area contributed by atoms with Gasteiger partial charge in [-0.05, 0) is 17.7 Å². The van der Waals surface area contributed by atoms with Crippen LogP contribution >= 0.6 is 0 Å². The van der Waals surface area contributed by atoms with Crippen LogP contribution in [0.5, 0.6) is 0 Å². The van der Waals surface area contributed by atoms with Gasteiger partial charge < -0.3 is 20.1 Å². The van der Waals surface area contributed by atoms with Gasteiger partial charge in [0, 0.05) is 24.0 Å². The zero-order valence-corrected chi connectivity index (χ0v) is 13.0. The number of ether oxygens (including phenoxy) is 1. The van der Waals surface area contributed by atoms with E-state index in [9.17, 15) is 14.7 Å². The largest absolute Gasteiger partial charge is 0.506 e. The molecule has 0 spiro atoms. The molecule has 2 aromatic rings. The number of allylic oxidation sites excluding steroid dienone is 2. The van der Waals surface area contributed by atoms with E-state index in [1.165, 1.54) is 42.3 Å². The van der Waals surface area contributed by atoms with Gasteiger partial charge in [-0.1, -0.05) is 12.7 Å². The number of anilines is 1. The first-order valence-corrected chi connectivity index (χ1v) is 6.88. The van der Waals surface area contributed by atoms with Gasteiger partial charge in [-0.3, -0.25) is 9.59 Å². The van der Waals surface area contributed by atoms with Crippen LogP contribution in [-0.4, -0.2) is 32.7 Å². The van der Waals surface area contributed by atoms with E-state index >= 15 is 0 Å². The van der Waals surface area contributed by atoms with Crippen molar-refractivity contribution in [3.8, 4) is 11.1 Å². The monoisotopic (exact) mass is 328 g/mol. The molecule has 2 rings (SSSR count). The molecule has 0 radical (unpaired) electrons. The van der Waals surface area contributed by atoms with E-state index in [4.69, 9.17) is 5.73 Å². The Morgan fingerprint density at radius 1 is 1.54 bits per heavy atom. The van der Waals surface area contributed by atoms with Crippen LogP contribution in [0.25, 0.3) is 16.9 Å². The van der Waals surface area contributed by atoms with Crippen molar-refractivity contribution in [2.24, 2.45) is 0 Å². The number of aromatic nitrogens is 3. The van der Waals surface area contributed by atoms with Crippen LogP contribution in [0.4, 0.5) is 5.95 Å². The van der Waals surface area contributed by atoms with Crippen molar-refractivity contribution in [3.63, 3.8) is 0 Å². The normalized spacial score (nSPS) is 11.1. The second-order valence-electron chi connectivity index (χ2n) is 4.74. The highest BCUT2D eigenvalue weighted by Crippen LogP contribution is 2.25. The molecule has 0 aliphatic rings. The number of nitrogens with zero attached hydrogens (tertiary/aromatic N) is 3. The Kier molecular flexibility index (Phi) is 5.10. The average molecular weight is 328 g/mol. The van der Waals surface area contributed by atoms with Gasteiger partial charge in [-0.15, -0.1) is 0 Å². The third kappa shape index (κ3) is 3.67. The molecule has 0 aliphatic carbocycles. The third-order valence-corrected chi connectivity index (χ3v) is 3.16. The van der Waals surface area contributed by atoms with Crippen molar-refractivity contribution in [2.45, 2.75) is 6.54 Å². The summed E-state index contributed by atoms with van der Waals surface area (Å²) in [4.78, 5) is 31.3. The first-order chi connectivity index (χ1) is 11.5. The first kappa shape index (κ1) is 16.9. The molecular formula is C16H16N4O4. The molecule has 0 saturated carbocycles. The summed E-state index contributed by atoms with van der Waals surface area (Å²) in [5, 5.41) is 10.1. The van der Waals surface area contributed by atoms with Crippen LogP contribution in [0.1, 0.15) is 5.69 Å². The third-order valence-electron chi connectivity index (χ3n) is 3.16. The van der Waals surface area contributed by atoms with Gasteiger partial charge in [-0.25, -0.2) is 9.97 Å². The van der Waals surface area contributed by atoms with Crippen molar-refractivity contribution < 1.29 is 14.6 Å². The van der Waals surface area contributed by atoms with E-state index in [0.29, 0.717) is 11.1 Å². The summed E-state index contributed by atoms with van der Waals surface area (Å²) in [6.07, 6.45) is 5.60. The highest BCUT2D eigenvalue weighted by atomic mass is 16.5. The zero-order chi connectivity index (χ0) is 17.7. The van der Waals surface area contributed by atoms with Crippen LogP contribution in [0, 0.1) is 0 Å². The van der Waals surface area contributed by atoms with Crippen LogP contribution in [0.3, 0.4) is 0 Å². The van der Waals surface area contributed by atoms with Crippen molar-refractivity contribution >= 4 is 17.7 Å². The number of esters is 1. The molecule has 0 bridgehead atoms. The number of aliphatic hydroxyl groups is 1. The van der Waals surface area contributed by atoms with E-state index in [2.05, 4.69) is 21.3 Å². The molecule has 0 aliphatic heterocycles. The molecule has 0 aromatic carbocycles. The fourth-order valence-corrected chi connectivity index (χ4v) is 2.00. The summed E-state index contributed by atoms with van der Waals surface area (Å²) < 4.78 is 5.73. The van der Waals surface area contributed by atoms with Gasteiger partial charge in [0.25, 0.3) is 5.56 Å². The lowest BCUT2D eigenvalue weighted by Gasteiger charge is -2.10. The highest BCUT2D eigenvalue weighted by Gasteiger charge is 2.13. The molecule has 2 heterocycles. The Morgan fingerprint density at radius 2 is 2.29 bits per heavy atom. The number of rotatable bonds is 5. The number of hydrogen-bond donors (Lipinski definition) is 2. The molecule has 3 N–H and O–H groups in total. The van der Waals surface area contributed by atoms with E-state index < -0.39 is 11.5 Å². The lowest BCUT2D eigenvalue weighted by atomic mass is 10.1. The van der Waals surface area contributed by atoms with Gasteiger partial charge in [0.2, 0.25) is 5.95 Å². The highest BCUT2D eigenvalue weighted by molar-refractivity contribution is 5.76. The Bertz CT molecular complexity index is 871. The van der Waals surface area contributed by atoms with Gasteiger partial charge >= 0.3 is 5.97 Å². The van der Waals surface area contributed by atoms with E-state index in [0.717, 1.165) is 0 Å². The second-order valence-corrected chi connectivity index (χ2v) is 4.74. The number of nitrogen functional groups attached to an aromatic ring is 1. The second kappa shape index (κ2) is 7.23. The molecule has 0 amide bonds. The molecule has 2 aromatic heterocycles. The molecule has 0 atom stereocenters. The number of hydrogen-bond acceptors (Lipinski definition) is 7. The van der Waals surface area contributed by atoms with Crippen molar-refractivity contribution in [1.29, 1.82) is 0 Å². The Hall–Kier alpha value is -3.42. The quantitative estimate of drug-likeness (QED) is 0.480. The summed E-state index contributed by atoms with van der Waals surface area (Å²) in [7, 11) is 1.24. The number of carbonyl (C=O) groups is 1. The maximum absolute atomic E-state index is 12.1. The average Bonchev–Trinajstić information content (AvgIpc) is 2.56. The lowest BCUT2D eigenvalue weighted by molar-refractivity contribution is -0.141. The molecule has 0 saturated heterocycles. The lowest BCUT2D eigenvalue weighted by Crippen LogP contribution is -2.23. The molecule has 8 nitrogen and oxygen atoms in total. The minimum absolute atomic E-state index is 0.0169. The maximum atomic E-state index is 12.1. The summed E-state index contributed by atoms with van der Waals surface area (Å²) in [6, 6.07) is 2.91. The first-order valence-electron chi connectivity index (χ1n) is 6.88. The van der Waals surface area contributed by atoms with Gasteiger partial charge in [0.05, 0.1) is 7.11 Å². The number of pyridine rings is 1. The Labute approximate surface area is 137 Å². The van der Waals surface area contributed by atoms with Crippen molar-refractivity contribution in [1.82, 2.24) is 14.5 Å². The van der Waals surface area contributed by atoms with Crippen molar-refractivity contribution in [2.75, 3.05) is 12.8 Å². The number of nitrogens with two attached hydrogens (primary N) is 1. The number of carbonyl (C=O) groups excluding carboxylic acids is 1. The zero-order valence-electron chi connectivity index (χ0n) is 13.0. The van der Waals surface area contributed by atoms with Crippen LogP contribution < -0.4 is 11.3 Å². The fourth-order valence-electron chi connectivity index (χ4n) is 2.00. The fraction of sp³-hybridized carbons (Fsp3) is 0.125. The smallest absolute Gasteiger partial charge is 0.325 e. The minimum atomic E-state index is -0.534. The number of aliphatic hydroxyl groups excluding tert-OH is 1. The summed E-state index contributed by atoms with van der Waals surface area (Å²) >= 11 is 0. The van der Waals surface area contributed by atoms with Crippen molar-refractivity contribution in [3.05, 3.63) is 59.3 Å². The summed E-state index contributed by atoms with van der Waals surface area (Å²) in [5.41, 5.74) is 6.22. The van der Waals surface area contributed by atoms with Gasteiger partial charge in [-0.2, -0.15) is 0 Å². The molecule has 0 unspecified atom stereocenters. The van der Waals surface area contributed by atoms with Gasteiger partial charge in [0.15, 0.2) is 0 Å². The SMILES string of the molecule is C=C/C=C(\O)c1nc(N)ncc1-c1ccn(CC(=O)OC)c(=O)c1. The van der Waals surface area contributed by atoms with Crippen LogP contribution in [0.15, 0.2) is 48.1 Å². The molecule has 8 heteroatoms. The van der Waals surface area contributed by atoms with E-state index in [1.54, 1.807) is 6.07 Å². The Balaban J connectivity index is 2.51. The molecule has 24 heavy (non-hydrogen) atoms. The topological polar surface area (TPSA) is 120 Å². The van der Waals surface area contributed by atoms with Gasteiger partial charge in [0.1, 0.15) is 18.0 Å². The number of methoxy groups -OCH3 is 1. The summed E-state index contributed by atoms with van der Waals surface area (Å²) in [6.45, 7) is 3.31. The van der Waals surface area contributed by atoms with Crippen LogP contribution in [0.2, 0.25) is 0 Å². The minimum Gasteiger partial charge on any atom is -0.506 e. The van der Waals surface area contributed by atoms with E-state index in [-0.39, 0.29) is 23.9 Å². The van der Waals surface area contributed by atoms with Crippen LogP contribution in [-0.2, 0) is 16.1 Å². The molecular weight excluding hydrogens is 312 g/mol. The predicted molar refractivity (Wildman–Crippen MR) is 89.0 cm³/mol. The maximum Gasteiger partial charge on any atom is 0.325 e. The predicted octanol–water partition coefficient (Wildman–Crippen LogP) is 1.15. The molecule has 0 fully saturated rings. The molecule has 124 valence electrons. The van der Waals surface area contributed by atoms with E-state index in [1.807, 2.05) is 0 Å². The Morgan fingerprint density at radius 3 is 2.92 bits per heavy atom. The standard InChI is InChI=1S/C16H16N4O4/c1-3-4-12(21)15-11(8-18-16(17)19-15)10-5-6-20(13(22)7-10)9-14(23)24-2/h3-8,21H,1,9H2,2H3,(H2,17,18,19)/b12-4-. The summed E-state index contributed by atoms with van der Waals surface area (Å²) in [5.74, 6) is -0.711.